The molecule has 1 atom stereocenters. The number of carboxylic acids is 1. The largest absolute Gasteiger partial charge is 0.481 e. The molecular weight excluding hydrogens is 268 g/mol. The summed E-state index contributed by atoms with van der Waals surface area (Å²) in [5.41, 5.74) is 1.80. The van der Waals surface area contributed by atoms with Crippen molar-refractivity contribution < 1.29 is 14.7 Å². The van der Waals surface area contributed by atoms with Gasteiger partial charge < -0.3 is 10.4 Å². The number of benzene rings is 1. The van der Waals surface area contributed by atoms with E-state index < -0.39 is 11.9 Å². The Morgan fingerprint density at radius 3 is 2.43 bits per heavy atom. The van der Waals surface area contributed by atoms with E-state index in [1.165, 1.54) is 4.90 Å². The Balaban J connectivity index is 2.64. The van der Waals surface area contributed by atoms with Crippen LogP contribution in [-0.4, -0.2) is 30.7 Å². The van der Waals surface area contributed by atoms with Crippen molar-refractivity contribution in [3.05, 3.63) is 29.8 Å². The standard InChI is InChI=1S/C16H24N2O3/c1-11(2)9-13(15(19)20)10-17-16(21)18(4)14-8-6-5-7-12(14)3/h5-8,11,13H,9-10H2,1-4H3,(H,17,21)(H,19,20). The van der Waals surface area contributed by atoms with Crippen LogP contribution in [0.1, 0.15) is 25.8 Å². The van der Waals surface area contributed by atoms with Gasteiger partial charge in [0.2, 0.25) is 0 Å². The first-order chi connectivity index (χ1) is 9.82. The first kappa shape index (κ1) is 17.0. The van der Waals surface area contributed by atoms with Crippen LogP contribution in [0.25, 0.3) is 0 Å². The van der Waals surface area contributed by atoms with Gasteiger partial charge in [-0.3, -0.25) is 9.69 Å². The fourth-order valence-electron chi connectivity index (χ4n) is 2.22. The molecule has 0 aliphatic rings. The van der Waals surface area contributed by atoms with Crippen LogP contribution >= 0.6 is 0 Å². The number of hydrogen-bond acceptors (Lipinski definition) is 2. The maximum atomic E-state index is 12.1. The molecule has 0 fully saturated rings. The molecule has 0 aliphatic carbocycles. The average Bonchev–Trinajstić information content (AvgIpc) is 2.42. The molecule has 116 valence electrons. The number of anilines is 1. The Morgan fingerprint density at radius 2 is 1.90 bits per heavy atom. The molecule has 1 rings (SSSR count). The fraction of sp³-hybridized carbons (Fsp3) is 0.500. The number of aliphatic carboxylic acids is 1. The SMILES string of the molecule is Cc1ccccc1N(C)C(=O)NCC(CC(C)C)C(=O)O. The number of carbonyl (C=O) groups is 2. The second-order valence-corrected chi connectivity index (χ2v) is 5.70. The topological polar surface area (TPSA) is 69.6 Å². The van der Waals surface area contributed by atoms with E-state index in [1.54, 1.807) is 7.05 Å². The van der Waals surface area contributed by atoms with Crippen molar-refractivity contribution in [1.82, 2.24) is 5.32 Å². The lowest BCUT2D eigenvalue weighted by molar-refractivity contribution is -0.142. The van der Waals surface area contributed by atoms with E-state index in [1.807, 2.05) is 45.0 Å². The van der Waals surface area contributed by atoms with Crippen molar-refractivity contribution in [3.8, 4) is 0 Å². The Bertz CT molecular complexity index is 500. The van der Waals surface area contributed by atoms with Crippen LogP contribution in [0.5, 0.6) is 0 Å². The maximum absolute atomic E-state index is 12.1. The molecule has 1 aromatic carbocycles. The average molecular weight is 292 g/mol. The monoisotopic (exact) mass is 292 g/mol. The van der Waals surface area contributed by atoms with E-state index in [4.69, 9.17) is 5.11 Å². The van der Waals surface area contributed by atoms with E-state index in [9.17, 15) is 9.59 Å². The summed E-state index contributed by atoms with van der Waals surface area (Å²) in [6, 6.07) is 7.27. The maximum Gasteiger partial charge on any atom is 0.321 e. The minimum atomic E-state index is -0.873. The molecule has 0 bridgehead atoms. The van der Waals surface area contributed by atoms with Crippen LogP contribution in [0.2, 0.25) is 0 Å². The van der Waals surface area contributed by atoms with Gasteiger partial charge in [0.15, 0.2) is 0 Å². The highest BCUT2D eigenvalue weighted by molar-refractivity contribution is 5.92. The Kier molecular flexibility index (Phi) is 6.21. The van der Waals surface area contributed by atoms with E-state index >= 15 is 0 Å². The molecule has 0 aliphatic heterocycles. The zero-order chi connectivity index (χ0) is 16.0. The molecule has 1 unspecified atom stereocenters. The van der Waals surface area contributed by atoms with Gasteiger partial charge in [-0.2, -0.15) is 0 Å². The number of carbonyl (C=O) groups excluding carboxylic acids is 1. The number of amides is 2. The van der Waals surface area contributed by atoms with E-state index in [0.29, 0.717) is 6.42 Å². The summed E-state index contributed by atoms with van der Waals surface area (Å²) in [5, 5.41) is 11.9. The van der Waals surface area contributed by atoms with Crippen molar-refractivity contribution in [2.45, 2.75) is 27.2 Å². The van der Waals surface area contributed by atoms with Crippen molar-refractivity contribution in [1.29, 1.82) is 0 Å². The van der Waals surface area contributed by atoms with Crippen molar-refractivity contribution in [2.75, 3.05) is 18.5 Å². The van der Waals surface area contributed by atoms with Crippen LogP contribution in [0.3, 0.4) is 0 Å². The molecule has 0 aromatic heterocycles. The molecule has 5 nitrogen and oxygen atoms in total. The first-order valence-electron chi connectivity index (χ1n) is 7.13. The van der Waals surface area contributed by atoms with Crippen molar-refractivity contribution in [3.63, 3.8) is 0 Å². The number of nitrogens with one attached hydrogen (secondary N) is 1. The molecule has 2 amide bonds. The van der Waals surface area contributed by atoms with Gasteiger partial charge in [-0.05, 0) is 30.9 Å². The summed E-state index contributed by atoms with van der Waals surface area (Å²) >= 11 is 0. The third kappa shape index (κ3) is 5.10. The highest BCUT2D eigenvalue weighted by atomic mass is 16.4. The van der Waals surface area contributed by atoms with Gasteiger partial charge in [-0.25, -0.2) is 4.79 Å². The molecule has 5 heteroatoms. The lowest BCUT2D eigenvalue weighted by Crippen LogP contribution is -2.41. The normalized spacial score (nSPS) is 12.0. The zero-order valence-electron chi connectivity index (χ0n) is 13.1. The molecule has 21 heavy (non-hydrogen) atoms. The van der Waals surface area contributed by atoms with Gasteiger partial charge in [0.1, 0.15) is 0 Å². The predicted octanol–water partition coefficient (Wildman–Crippen LogP) is 2.89. The number of para-hydroxylation sites is 1. The summed E-state index contributed by atoms with van der Waals surface area (Å²) < 4.78 is 0. The van der Waals surface area contributed by atoms with Crippen molar-refractivity contribution in [2.24, 2.45) is 11.8 Å². The van der Waals surface area contributed by atoms with Crippen molar-refractivity contribution >= 4 is 17.7 Å². The molecule has 0 saturated carbocycles. The van der Waals surface area contributed by atoms with Crippen LogP contribution < -0.4 is 10.2 Å². The highest BCUT2D eigenvalue weighted by Gasteiger charge is 2.21. The van der Waals surface area contributed by atoms with Gasteiger partial charge >= 0.3 is 12.0 Å². The number of nitrogens with zero attached hydrogens (tertiary/aromatic N) is 1. The number of carboxylic acid groups (broad SMARTS) is 1. The molecular formula is C16H24N2O3. The van der Waals surface area contributed by atoms with E-state index in [0.717, 1.165) is 11.3 Å². The quantitative estimate of drug-likeness (QED) is 0.847. The highest BCUT2D eigenvalue weighted by Crippen LogP contribution is 2.18. The number of rotatable bonds is 6. The number of urea groups is 1. The second-order valence-electron chi connectivity index (χ2n) is 5.70. The molecule has 0 saturated heterocycles. The van der Waals surface area contributed by atoms with Gasteiger partial charge in [0.25, 0.3) is 0 Å². The van der Waals surface area contributed by atoms with Gasteiger partial charge in [0.05, 0.1) is 5.92 Å². The van der Waals surface area contributed by atoms with Gasteiger partial charge in [0, 0.05) is 19.3 Å². The van der Waals surface area contributed by atoms with Crippen LogP contribution in [0.4, 0.5) is 10.5 Å². The number of aryl methyl sites for hydroxylation is 1. The minimum Gasteiger partial charge on any atom is -0.481 e. The molecule has 0 radical (unpaired) electrons. The zero-order valence-corrected chi connectivity index (χ0v) is 13.1. The summed E-state index contributed by atoms with van der Waals surface area (Å²) in [5.74, 6) is -1.15. The first-order valence-corrected chi connectivity index (χ1v) is 7.13. The van der Waals surface area contributed by atoms with Gasteiger partial charge in [-0.1, -0.05) is 32.0 Å². The third-order valence-electron chi connectivity index (χ3n) is 3.39. The molecule has 2 N–H and O–H groups in total. The lowest BCUT2D eigenvalue weighted by atomic mass is 9.97. The minimum absolute atomic E-state index is 0.141. The van der Waals surface area contributed by atoms with E-state index in [-0.39, 0.29) is 18.5 Å². The molecule has 0 heterocycles. The van der Waals surface area contributed by atoms with Crippen LogP contribution in [0.15, 0.2) is 24.3 Å². The smallest absolute Gasteiger partial charge is 0.321 e. The third-order valence-corrected chi connectivity index (χ3v) is 3.39. The molecule has 0 spiro atoms. The lowest BCUT2D eigenvalue weighted by Gasteiger charge is -2.22. The van der Waals surface area contributed by atoms with Crippen LogP contribution in [-0.2, 0) is 4.79 Å². The fourth-order valence-corrected chi connectivity index (χ4v) is 2.22. The Hall–Kier alpha value is -2.04. The summed E-state index contributed by atoms with van der Waals surface area (Å²) in [4.78, 5) is 24.8. The Morgan fingerprint density at radius 1 is 1.29 bits per heavy atom. The van der Waals surface area contributed by atoms with E-state index in [2.05, 4.69) is 5.32 Å². The summed E-state index contributed by atoms with van der Waals surface area (Å²) in [7, 11) is 1.68. The summed E-state index contributed by atoms with van der Waals surface area (Å²) in [6.45, 7) is 6.01. The van der Waals surface area contributed by atoms with Gasteiger partial charge in [-0.15, -0.1) is 0 Å². The number of hydrogen-bond donors (Lipinski definition) is 2. The van der Waals surface area contributed by atoms with Crippen LogP contribution in [0, 0.1) is 18.8 Å². The summed E-state index contributed by atoms with van der Waals surface area (Å²) in [6.07, 6.45) is 0.545. The molecule has 1 aromatic rings. The Labute approximate surface area is 126 Å². The predicted molar refractivity (Wildman–Crippen MR) is 83.6 cm³/mol. The second kappa shape index (κ2) is 7.67.